The molecule has 0 saturated carbocycles. The van der Waals surface area contributed by atoms with E-state index in [0.29, 0.717) is 11.5 Å². The first-order valence-electron chi connectivity index (χ1n) is 9.41. The summed E-state index contributed by atoms with van der Waals surface area (Å²) in [6.07, 6.45) is 4.91. The van der Waals surface area contributed by atoms with Gasteiger partial charge in [0.05, 0.1) is 22.6 Å². The normalized spacial score (nSPS) is 11.0. The van der Waals surface area contributed by atoms with Gasteiger partial charge in [-0.1, -0.05) is 12.1 Å². The second-order valence-corrected chi connectivity index (χ2v) is 7.37. The third kappa shape index (κ3) is 5.21. The van der Waals surface area contributed by atoms with E-state index < -0.39 is 0 Å². The third-order valence-corrected chi connectivity index (χ3v) is 5.21. The minimum absolute atomic E-state index is 0.210. The van der Waals surface area contributed by atoms with Crippen molar-refractivity contribution in [2.24, 2.45) is 0 Å². The summed E-state index contributed by atoms with van der Waals surface area (Å²) in [5.41, 5.74) is 2.49. The van der Waals surface area contributed by atoms with E-state index in [-0.39, 0.29) is 12.5 Å². The summed E-state index contributed by atoms with van der Waals surface area (Å²) in [6, 6.07) is 9.76. The van der Waals surface area contributed by atoms with E-state index in [1.165, 1.54) is 11.3 Å². The molecular weight excluding hydrogens is 386 g/mol. The summed E-state index contributed by atoms with van der Waals surface area (Å²) in [7, 11) is 0. The zero-order chi connectivity index (χ0) is 19.9. The van der Waals surface area contributed by atoms with E-state index in [0.717, 1.165) is 47.8 Å². The van der Waals surface area contributed by atoms with Crippen LogP contribution in [0.1, 0.15) is 27.1 Å². The molecule has 3 aromatic heterocycles. The minimum Gasteiger partial charge on any atom is -0.343 e. The van der Waals surface area contributed by atoms with Crippen molar-refractivity contribution < 1.29 is 4.79 Å². The predicted octanol–water partition coefficient (Wildman–Crippen LogP) is 2.11. The molecule has 0 aliphatic carbocycles. The Bertz CT molecular complexity index is 1040. The predicted molar refractivity (Wildman–Crippen MR) is 112 cm³/mol. The average molecular weight is 408 g/mol. The van der Waals surface area contributed by atoms with Crippen LogP contribution in [0.3, 0.4) is 0 Å². The van der Waals surface area contributed by atoms with Crippen LogP contribution < -0.4 is 10.6 Å². The van der Waals surface area contributed by atoms with Gasteiger partial charge in [0.25, 0.3) is 5.91 Å². The monoisotopic (exact) mass is 407 g/mol. The number of hydrogen-bond donors (Lipinski definition) is 3. The lowest BCUT2D eigenvalue weighted by atomic mass is 10.3. The quantitative estimate of drug-likeness (QED) is 0.367. The van der Waals surface area contributed by atoms with E-state index >= 15 is 0 Å². The summed E-state index contributed by atoms with van der Waals surface area (Å²) in [5.74, 6) is 1.34. The van der Waals surface area contributed by atoms with Crippen molar-refractivity contribution in [1.82, 2.24) is 35.6 Å². The molecule has 3 N–H and O–H groups in total. The standard InChI is InChI=1S/C20H21N7OS/c28-20(24-12-18-22-8-3-9-23-18)16-13-29-19(27-16)7-11-21-10-6-17-25-14-4-1-2-5-15(14)26-17/h1-5,8-9,13,21H,6-7,10-12H2,(H,24,28)(H,25,26). The Labute approximate surface area is 171 Å². The van der Waals surface area contributed by atoms with Crippen molar-refractivity contribution in [3.8, 4) is 0 Å². The molecule has 0 spiro atoms. The van der Waals surface area contributed by atoms with Gasteiger partial charge in [-0.05, 0) is 18.2 Å². The van der Waals surface area contributed by atoms with E-state index in [2.05, 4.69) is 35.6 Å². The van der Waals surface area contributed by atoms with Crippen LogP contribution in [0.15, 0.2) is 48.1 Å². The van der Waals surface area contributed by atoms with Gasteiger partial charge < -0.3 is 15.6 Å². The van der Waals surface area contributed by atoms with Crippen LogP contribution >= 0.6 is 11.3 Å². The van der Waals surface area contributed by atoms with Crippen molar-refractivity contribution in [2.75, 3.05) is 13.1 Å². The number of aromatic nitrogens is 5. The molecule has 9 heteroatoms. The van der Waals surface area contributed by atoms with E-state index in [9.17, 15) is 4.79 Å². The Morgan fingerprint density at radius 2 is 1.86 bits per heavy atom. The topological polar surface area (TPSA) is 108 Å². The minimum atomic E-state index is -0.210. The van der Waals surface area contributed by atoms with Crippen molar-refractivity contribution >= 4 is 28.3 Å². The van der Waals surface area contributed by atoms with E-state index in [1.54, 1.807) is 23.8 Å². The molecule has 0 fully saturated rings. The highest BCUT2D eigenvalue weighted by Crippen LogP contribution is 2.11. The molecule has 4 rings (SSSR count). The molecule has 0 saturated heterocycles. The number of amides is 1. The number of nitrogens with zero attached hydrogens (tertiary/aromatic N) is 4. The molecule has 3 heterocycles. The molecule has 4 aromatic rings. The zero-order valence-corrected chi connectivity index (χ0v) is 16.6. The summed E-state index contributed by atoms with van der Waals surface area (Å²) < 4.78 is 0. The number of aromatic amines is 1. The van der Waals surface area contributed by atoms with Gasteiger partial charge in [0, 0.05) is 43.7 Å². The molecule has 0 atom stereocenters. The van der Waals surface area contributed by atoms with Crippen LogP contribution in [0, 0.1) is 0 Å². The Kier molecular flexibility index (Phi) is 6.18. The number of thiazole rings is 1. The zero-order valence-electron chi connectivity index (χ0n) is 15.8. The molecule has 0 bridgehead atoms. The van der Waals surface area contributed by atoms with Gasteiger partial charge in [-0.3, -0.25) is 4.79 Å². The number of H-pyrrole nitrogens is 1. The number of benzene rings is 1. The van der Waals surface area contributed by atoms with Crippen molar-refractivity contribution in [1.29, 1.82) is 0 Å². The molecule has 0 aliphatic rings. The van der Waals surface area contributed by atoms with Crippen LogP contribution in [0.5, 0.6) is 0 Å². The Balaban J connectivity index is 1.17. The smallest absolute Gasteiger partial charge is 0.271 e. The second kappa shape index (κ2) is 9.35. The first-order valence-corrected chi connectivity index (χ1v) is 10.3. The van der Waals surface area contributed by atoms with E-state index in [1.807, 2.05) is 24.3 Å². The van der Waals surface area contributed by atoms with Crippen molar-refractivity contribution in [2.45, 2.75) is 19.4 Å². The van der Waals surface area contributed by atoms with Crippen LogP contribution in [0.25, 0.3) is 11.0 Å². The number of nitrogens with one attached hydrogen (secondary N) is 3. The third-order valence-electron chi connectivity index (χ3n) is 4.30. The molecule has 1 amide bonds. The summed E-state index contributed by atoms with van der Waals surface area (Å²) in [4.78, 5) is 32.7. The van der Waals surface area contributed by atoms with Gasteiger partial charge >= 0.3 is 0 Å². The first kappa shape index (κ1) is 19.2. The number of fused-ring (bicyclic) bond motifs is 1. The highest BCUT2D eigenvalue weighted by atomic mass is 32.1. The number of hydrogen-bond acceptors (Lipinski definition) is 7. The van der Waals surface area contributed by atoms with Gasteiger partial charge in [-0.25, -0.2) is 19.9 Å². The van der Waals surface area contributed by atoms with Gasteiger partial charge in [0.2, 0.25) is 0 Å². The Morgan fingerprint density at radius 1 is 1.03 bits per heavy atom. The molecule has 0 unspecified atom stereocenters. The molecule has 0 aliphatic heterocycles. The fourth-order valence-electron chi connectivity index (χ4n) is 2.85. The van der Waals surface area contributed by atoms with Gasteiger partial charge in [-0.2, -0.15) is 0 Å². The lowest BCUT2D eigenvalue weighted by Crippen LogP contribution is -2.24. The molecule has 148 valence electrons. The maximum absolute atomic E-state index is 12.2. The Hall–Kier alpha value is -3.17. The highest BCUT2D eigenvalue weighted by Gasteiger charge is 2.11. The highest BCUT2D eigenvalue weighted by molar-refractivity contribution is 7.09. The lowest BCUT2D eigenvalue weighted by Gasteiger charge is -2.02. The lowest BCUT2D eigenvalue weighted by molar-refractivity contribution is 0.0945. The fraction of sp³-hybridized carbons (Fsp3) is 0.250. The average Bonchev–Trinajstić information content (AvgIpc) is 3.39. The summed E-state index contributed by atoms with van der Waals surface area (Å²) in [6.45, 7) is 1.91. The van der Waals surface area contributed by atoms with Gasteiger partial charge in [-0.15, -0.1) is 11.3 Å². The van der Waals surface area contributed by atoms with E-state index in [4.69, 9.17) is 0 Å². The maximum Gasteiger partial charge on any atom is 0.271 e. The molecule has 0 radical (unpaired) electrons. The number of para-hydroxylation sites is 2. The van der Waals surface area contributed by atoms with Crippen LogP contribution in [0.2, 0.25) is 0 Å². The molecule has 8 nitrogen and oxygen atoms in total. The fourth-order valence-corrected chi connectivity index (χ4v) is 3.63. The molecule has 29 heavy (non-hydrogen) atoms. The van der Waals surface area contributed by atoms with Crippen molar-refractivity contribution in [3.05, 3.63) is 70.5 Å². The largest absolute Gasteiger partial charge is 0.343 e. The summed E-state index contributed by atoms with van der Waals surface area (Å²) in [5, 5.41) is 8.91. The number of carbonyl (C=O) groups is 1. The summed E-state index contributed by atoms with van der Waals surface area (Å²) >= 11 is 1.50. The van der Waals surface area contributed by atoms with Crippen LogP contribution in [0.4, 0.5) is 0 Å². The Morgan fingerprint density at radius 3 is 2.72 bits per heavy atom. The van der Waals surface area contributed by atoms with Crippen LogP contribution in [-0.2, 0) is 19.4 Å². The van der Waals surface area contributed by atoms with Crippen LogP contribution in [-0.4, -0.2) is 43.9 Å². The molecule has 1 aromatic carbocycles. The van der Waals surface area contributed by atoms with Gasteiger partial charge in [0.1, 0.15) is 17.3 Å². The van der Waals surface area contributed by atoms with Gasteiger partial charge in [0.15, 0.2) is 0 Å². The SMILES string of the molecule is O=C(NCc1ncccn1)c1csc(CCNCCc2nc3ccccc3[nH]2)n1. The number of rotatable bonds is 9. The number of carbonyl (C=O) groups excluding carboxylic acids is 1. The second-order valence-electron chi connectivity index (χ2n) is 6.42. The maximum atomic E-state index is 12.2. The number of imidazole rings is 1. The molecular formula is C20H21N7OS. The first-order chi connectivity index (χ1) is 14.3. The van der Waals surface area contributed by atoms with Crippen molar-refractivity contribution in [3.63, 3.8) is 0 Å².